The van der Waals surface area contributed by atoms with E-state index >= 15 is 0 Å². The van der Waals surface area contributed by atoms with Crippen molar-refractivity contribution in [3.63, 3.8) is 0 Å². The second-order valence-electron chi connectivity index (χ2n) is 4.96. The Kier molecular flexibility index (Phi) is 2.46. The van der Waals surface area contributed by atoms with Gasteiger partial charge in [0.15, 0.2) is 0 Å². The van der Waals surface area contributed by atoms with Gasteiger partial charge in [-0.05, 0) is 36.1 Å². The highest BCUT2D eigenvalue weighted by Crippen LogP contribution is 2.34. The number of ether oxygens (including phenoxy) is 1. The number of aryl methyl sites for hydroxylation is 1. The molecule has 5 heteroatoms. The van der Waals surface area contributed by atoms with Crippen molar-refractivity contribution in [3.05, 3.63) is 45.7 Å². The van der Waals surface area contributed by atoms with Gasteiger partial charge >= 0.3 is 5.97 Å². The van der Waals surface area contributed by atoms with Crippen LogP contribution in [0.1, 0.15) is 11.1 Å². The Morgan fingerprint density at radius 2 is 2.11 bits per heavy atom. The van der Waals surface area contributed by atoms with Crippen molar-refractivity contribution < 1.29 is 14.6 Å². The monoisotopic (exact) mass is 259 g/mol. The SMILES string of the molecule is Cc1cc2cc(C3(C(=O)O)COC3)ccc2[nH]c1=O. The lowest BCUT2D eigenvalue weighted by Gasteiger charge is -2.37. The fraction of sp³-hybridized carbons (Fsp3) is 0.286. The molecule has 98 valence electrons. The highest BCUT2D eigenvalue weighted by Gasteiger charge is 2.47. The van der Waals surface area contributed by atoms with Crippen LogP contribution in [0.5, 0.6) is 0 Å². The summed E-state index contributed by atoms with van der Waals surface area (Å²) in [7, 11) is 0. The Morgan fingerprint density at radius 1 is 1.37 bits per heavy atom. The van der Waals surface area contributed by atoms with Gasteiger partial charge in [0.1, 0.15) is 5.41 Å². The van der Waals surface area contributed by atoms with E-state index in [9.17, 15) is 14.7 Å². The molecule has 0 amide bonds. The molecule has 2 N–H and O–H groups in total. The Balaban J connectivity index is 2.19. The molecule has 1 fully saturated rings. The van der Waals surface area contributed by atoms with Crippen molar-refractivity contribution in [2.75, 3.05) is 13.2 Å². The summed E-state index contributed by atoms with van der Waals surface area (Å²) >= 11 is 0. The first-order valence-corrected chi connectivity index (χ1v) is 5.98. The number of aliphatic carboxylic acids is 1. The molecule has 2 heterocycles. The van der Waals surface area contributed by atoms with Crippen molar-refractivity contribution in [1.29, 1.82) is 0 Å². The van der Waals surface area contributed by atoms with E-state index in [4.69, 9.17) is 4.74 Å². The van der Waals surface area contributed by atoms with Crippen molar-refractivity contribution in [2.24, 2.45) is 0 Å². The van der Waals surface area contributed by atoms with Crippen LogP contribution in [-0.4, -0.2) is 29.3 Å². The lowest BCUT2D eigenvalue weighted by atomic mass is 9.78. The van der Waals surface area contributed by atoms with Crippen LogP contribution in [0.15, 0.2) is 29.1 Å². The molecule has 1 saturated heterocycles. The van der Waals surface area contributed by atoms with Crippen LogP contribution in [0.2, 0.25) is 0 Å². The number of hydrogen-bond acceptors (Lipinski definition) is 3. The normalized spacial score (nSPS) is 17.1. The van der Waals surface area contributed by atoms with Crippen LogP contribution < -0.4 is 5.56 Å². The Morgan fingerprint density at radius 3 is 2.68 bits per heavy atom. The Labute approximate surface area is 108 Å². The van der Waals surface area contributed by atoms with Crippen LogP contribution in [0.4, 0.5) is 0 Å². The molecule has 1 aromatic carbocycles. The average molecular weight is 259 g/mol. The number of aromatic amines is 1. The van der Waals surface area contributed by atoms with E-state index in [1.807, 2.05) is 6.07 Å². The van der Waals surface area contributed by atoms with Crippen molar-refractivity contribution in [2.45, 2.75) is 12.3 Å². The Bertz CT molecular complexity index is 728. The van der Waals surface area contributed by atoms with Gasteiger partial charge in [-0.25, -0.2) is 0 Å². The molecule has 0 bridgehead atoms. The molecule has 2 aromatic rings. The van der Waals surface area contributed by atoms with Gasteiger partial charge in [-0.1, -0.05) is 6.07 Å². The standard InChI is InChI=1S/C14H13NO4/c1-8-4-9-5-10(2-3-11(9)15-12(8)16)14(13(17)18)6-19-7-14/h2-5H,6-7H2,1H3,(H,15,16)(H,17,18). The molecular weight excluding hydrogens is 246 g/mol. The second-order valence-corrected chi connectivity index (χ2v) is 4.96. The molecule has 19 heavy (non-hydrogen) atoms. The van der Waals surface area contributed by atoms with Crippen molar-refractivity contribution in [1.82, 2.24) is 4.98 Å². The number of aromatic nitrogens is 1. The largest absolute Gasteiger partial charge is 0.480 e. The van der Waals surface area contributed by atoms with Crippen LogP contribution in [-0.2, 0) is 14.9 Å². The predicted octanol–water partition coefficient (Wildman–Crippen LogP) is 1.19. The number of carbonyl (C=O) groups is 1. The van der Waals surface area contributed by atoms with E-state index in [1.165, 1.54) is 0 Å². The number of fused-ring (bicyclic) bond motifs is 1. The summed E-state index contributed by atoms with van der Waals surface area (Å²) in [6.07, 6.45) is 0. The van der Waals surface area contributed by atoms with Gasteiger partial charge in [-0.15, -0.1) is 0 Å². The minimum absolute atomic E-state index is 0.125. The number of pyridine rings is 1. The van der Waals surface area contributed by atoms with Gasteiger partial charge in [0.05, 0.1) is 13.2 Å². The van der Waals surface area contributed by atoms with Crippen molar-refractivity contribution >= 4 is 16.9 Å². The molecule has 0 saturated carbocycles. The second kappa shape index (κ2) is 3.93. The third-order valence-electron chi connectivity index (χ3n) is 3.69. The fourth-order valence-electron chi connectivity index (χ4n) is 2.33. The van der Waals surface area contributed by atoms with Gasteiger partial charge in [0.25, 0.3) is 5.56 Å². The summed E-state index contributed by atoms with van der Waals surface area (Å²) in [5.74, 6) is -0.876. The maximum Gasteiger partial charge on any atom is 0.318 e. The van der Waals surface area contributed by atoms with Crippen LogP contribution in [0.3, 0.4) is 0 Å². The number of H-pyrrole nitrogens is 1. The fourth-order valence-corrected chi connectivity index (χ4v) is 2.33. The molecule has 1 aliphatic heterocycles. The van der Waals surface area contributed by atoms with Crippen LogP contribution in [0, 0.1) is 6.92 Å². The lowest BCUT2D eigenvalue weighted by molar-refractivity contribution is -0.163. The average Bonchev–Trinajstić information content (AvgIpc) is 2.29. The maximum atomic E-state index is 11.5. The Hall–Kier alpha value is -2.14. The minimum Gasteiger partial charge on any atom is -0.480 e. The molecule has 1 aliphatic rings. The number of benzene rings is 1. The summed E-state index contributed by atoms with van der Waals surface area (Å²) in [5.41, 5.74) is 0.961. The van der Waals surface area contributed by atoms with E-state index in [1.54, 1.807) is 25.1 Å². The van der Waals surface area contributed by atoms with Gasteiger partial charge in [0, 0.05) is 11.1 Å². The third-order valence-corrected chi connectivity index (χ3v) is 3.69. The summed E-state index contributed by atoms with van der Waals surface area (Å²) in [6, 6.07) is 7.07. The molecule has 3 rings (SSSR count). The zero-order valence-corrected chi connectivity index (χ0v) is 10.4. The zero-order valence-electron chi connectivity index (χ0n) is 10.4. The first-order chi connectivity index (χ1) is 9.03. The maximum absolute atomic E-state index is 11.5. The number of hydrogen-bond donors (Lipinski definition) is 2. The lowest BCUT2D eigenvalue weighted by Crippen LogP contribution is -2.53. The van der Waals surface area contributed by atoms with Crippen LogP contribution in [0.25, 0.3) is 10.9 Å². The quantitative estimate of drug-likeness (QED) is 0.849. The van der Waals surface area contributed by atoms with Gasteiger partial charge < -0.3 is 14.8 Å². The summed E-state index contributed by atoms with van der Waals surface area (Å²) in [5, 5.41) is 10.2. The summed E-state index contributed by atoms with van der Waals surface area (Å²) in [6.45, 7) is 2.11. The predicted molar refractivity (Wildman–Crippen MR) is 69.4 cm³/mol. The number of nitrogens with one attached hydrogen (secondary N) is 1. The van der Waals surface area contributed by atoms with E-state index < -0.39 is 11.4 Å². The molecule has 1 aromatic heterocycles. The summed E-state index contributed by atoms with van der Waals surface area (Å²) in [4.78, 5) is 25.7. The molecule has 0 atom stereocenters. The topological polar surface area (TPSA) is 79.4 Å². The molecule has 5 nitrogen and oxygen atoms in total. The first kappa shape index (κ1) is 11.9. The molecular formula is C14H13NO4. The van der Waals surface area contributed by atoms with E-state index in [2.05, 4.69) is 4.98 Å². The highest BCUT2D eigenvalue weighted by atomic mass is 16.5. The van der Waals surface area contributed by atoms with E-state index in [-0.39, 0.29) is 18.8 Å². The highest BCUT2D eigenvalue weighted by molar-refractivity contribution is 5.86. The van der Waals surface area contributed by atoms with Gasteiger partial charge in [-0.3, -0.25) is 9.59 Å². The minimum atomic E-state index is -0.946. The molecule has 0 aliphatic carbocycles. The van der Waals surface area contributed by atoms with E-state index in [0.717, 1.165) is 5.39 Å². The van der Waals surface area contributed by atoms with Gasteiger partial charge in [-0.2, -0.15) is 0 Å². The van der Waals surface area contributed by atoms with Crippen molar-refractivity contribution in [3.8, 4) is 0 Å². The molecule has 0 spiro atoms. The number of rotatable bonds is 2. The smallest absolute Gasteiger partial charge is 0.318 e. The first-order valence-electron chi connectivity index (χ1n) is 5.98. The summed E-state index contributed by atoms with van der Waals surface area (Å²) < 4.78 is 5.07. The zero-order chi connectivity index (χ0) is 13.6. The van der Waals surface area contributed by atoms with Crippen LogP contribution >= 0.6 is 0 Å². The number of carboxylic acids is 1. The van der Waals surface area contributed by atoms with Gasteiger partial charge in [0.2, 0.25) is 0 Å². The molecule has 0 unspecified atom stereocenters. The number of carboxylic acid groups (broad SMARTS) is 1. The third kappa shape index (κ3) is 1.66. The molecule has 0 radical (unpaired) electrons. The van der Waals surface area contributed by atoms with E-state index in [0.29, 0.717) is 16.6 Å².